The summed E-state index contributed by atoms with van der Waals surface area (Å²) in [5.74, 6) is 0.276. The number of rotatable bonds is 2. The molecule has 24 heavy (non-hydrogen) atoms. The molecule has 1 saturated carbocycles. The lowest BCUT2D eigenvalue weighted by Gasteiger charge is -2.35. The zero-order valence-electron chi connectivity index (χ0n) is 14.1. The highest BCUT2D eigenvalue weighted by atomic mass is 35.5. The van der Waals surface area contributed by atoms with E-state index < -0.39 is 0 Å². The van der Waals surface area contributed by atoms with Crippen LogP contribution in [0.15, 0.2) is 24.3 Å². The lowest BCUT2D eigenvalue weighted by molar-refractivity contribution is -0.135. The largest absolute Gasteiger partial charge is 0.341 e. The van der Waals surface area contributed by atoms with Gasteiger partial charge in [0, 0.05) is 29.2 Å². The van der Waals surface area contributed by atoms with Crippen LogP contribution < -0.4 is 5.32 Å². The first kappa shape index (κ1) is 17.7. The predicted molar refractivity (Wildman–Crippen MR) is 103 cm³/mol. The van der Waals surface area contributed by atoms with E-state index in [0.29, 0.717) is 6.04 Å². The minimum Gasteiger partial charge on any atom is -0.341 e. The van der Waals surface area contributed by atoms with Crippen LogP contribution in [0.4, 0.5) is 0 Å². The van der Waals surface area contributed by atoms with E-state index in [0.717, 1.165) is 13.0 Å². The number of carbonyl (C=O) groups is 1. The third kappa shape index (κ3) is 3.19. The lowest BCUT2D eigenvalue weighted by atomic mass is 9.93. The molecular formula is C19H25ClN2OS. The van der Waals surface area contributed by atoms with E-state index in [2.05, 4.69) is 29.6 Å². The molecule has 0 radical (unpaired) electrons. The van der Waals surface area contributed by atoms with Gasteiger partial charge in [-0.3, -0.25) is 4.79 Å². The maximum atomic E-state index is 12.9. The molecule has 1 atom stereocenters. The summed E-state index contributed by atoms with van der Waals surface area (Å²) in [6.07, 6.45) is 7.02. The Morgan fingerprint density at radius 3 is 2.75 bits per heavy atom. The Morgan fingerprint density at radius 1 is 1.21 bits per heavy atom. The Bertz CT molecular complexity index is 723. The van der Waals surface area contributed by atoms with E-state index in [1.54, 1.807) is 0 Å². The summed E-state index contributed by atoms with van der Waals surface area (Å²) in [4.78, 5) is 16.4. The molecular weight excluding hydrogens is 340 g/mol. The fraction of sp³-hybridized carbons (Fsp3) is 0.526. The zero-order chi connectivity index (χ0) is 15.8. The van der Waals surface area contributed by atoms with Crippen LogP contribution in [0.2, 0.25) is 0 Å². The molecule has 1 fully saturated rings. The van der Waals surface area contributed by atoms with Crippen molar-refractivity contribution in [3.63, 3.8) is 0 Å². The minimum absolute atomic E-state index is 0. The van der Waals surface area contributed by atoms with E-state index in [9.17, 15) is 4.79 Å². The van der Waals surface area contributed by atoms with Gasteiger partial charge in [-0.2, -0.15) is 0 Å². The van der Waals surface area contributed by atoms with Gasteiger partial charge in [-0.25, -0.2) is 0 Å². The van der Waals surface area contributed by atoms with Crippen molar-refractivity contribution in [2.45, 2.75) is 57.2 Å². The number of likely N-dealkylation sites (N-methyl/N-ethyl adjacent to an activating group) is 1. The Morgan fingerprint density at radius 2 is 1.96 bits per heavy atom. The van der Waals surface area contributed by atoms with Gasteiger partial charge in [-0.05, 0) is 36.3 Å². The standard InChI is InChI=1S/C19H24N2OS.ClH/c1-21(13-7-3-2-4-8-13)19(22)16-11-15-14-9-5-6-10-17(14)23-18(15)12-20-16;/h5-6,9-10,13,16,20H,2-4,7-8,11-12H2,1H3;1H/t16-;/m1./s1. The molecule has 1 N–H and O–H groups in total. The van der Waals surface area contributed by atoms with E-state index >= 15 is 0 Å². The number of thiophene rings is 1. The second-order valence-electron chi connectivity index (χ2n) is 6.88. The second-order valence-corrected chi connectivity index (χ2v) is 8.02. The number of nitrogens with zero attached hydrogens (tertiary/aromatic N) is 1. The summed E-state index contributed by atoms with van der Waals surface area (Å²) >= 11 is 1.86. The Hall–Kier alpha value is -1.10. The highest BCUT2D eigenvalue weighted by molar-refractivity contribution is 7.19. The molecule has 3 nitrogen and oxygen atoms in total. The number of fused-ring (bicyclic) bond motifs is 3. The molecule has 1 aromatic heterocycles. The molecule has 1 aliphatic carbocycles. The molecule has 2 aliphatic rings. The molecule has 4 rings (SSSR count). The topological polar surface area (TPSA) is 32.3 Å². The average molecular weight is 365 g/mol. The maximum Gasteiger partial charge on any atom is 0.240 e. The summed E-state index contributed by atoms with van der Waals surface area (Å²) in [6.45, 7) is 0.823. The summed E-state index contributed by atoms with van der Waals surface area (Å²) < 4.78 is 1.34. The summed E-state index contributed by atoms with van der Waals surface area (Å²) in [6, 6.07) is 8.96. The first-order valence-corrected chi connectivity index (χ1v) is 9.55. The van der Waals surface area contributed by atoms with Crippen LogP contribution in [0.3, 0.4) is 0 Å². The van der Waals surface area contributed by atoms with Crippen molar-refractivity contribution < 1.29 is 4.79 Å². The van der Waals surface area contributed by atoms with Gasteiger partial charge in [0.25, 0.3) is 0 Å². The molecule has 0 unspecified atom stereocenters. The SMILES string of the molecule is CN(C(=O)[C@H]1Cc2c(sc3ccccc23)CN1)C1CCCCC1.Cl. The van der Waals surface area contributed by atoms with E-state index in [1.807, 2.05) is 23.3 Å². The van der Waals surface area contributed by atoms with Crippen LogP contribution in [-0.4, -0.2) is 29.9 Å². The van der Waals surface area contributed by atoms with Crippen LogP contribution in [-0.2, 0) is 17.8 Å². The summed E-state index contributed by atoms with van der Waals surface area (Å²) in [5, 5.41) is 4.82. The van der Waals surface area contributed by atoms with Gasteiger partial charge in [-0.1, -0.05) is 37.5 Å². The molecule has 130 valence electrons. The molecule has 2 aromatic rings. The summed E-state index contributed by atoms with van der Waals surface area (Å²) in [7, 11) is 2.00. The van der Waals surface area contributed by atoms with Crippen molar-refractivity contribution in [1.82, 2.24) is 10.2 Å². The van der Waals surface area contributed by atoms with Crippen molar-refractivity contribution in [1.29, 1.82) is 0 Å². The highest BCUT2D eigenvalue weighted by Gasteiger charge is 2.31. The fourth-order valence-electron chi connectivity index (χ4n) is 4.08. The van der Waals surface area contributed by atoms with E-state index in [4.69, 9.17) is 0 Å². The number of benzene rings is 1. The third-order valence-electron chi connectivity index (χ3n) is 5.47. The van der Waals surface area contributed by atoms with Gasteiger partial charge < -0.3 is 10.2 Å². The molecule has 1 aliphatic heterocycles. The van der Waals surface area contributed by atoms with Gasteiger partial charge in [0.1, 0.15) is 0 Å². The normalized spacial score (nSPS) is 21.1. The number of amides is 1. The summed E-state index contributed by atoms with van der Waals surface area (Å²) in [5.41, 5.74) is 1.39. The molecule has 0 spiro atoms. The molecule has 1 aromatic carbocycles. The van der Waals surface area contributed by atoms with E-state index in [-0.39, 0.29) is 24.4 Å². The highest BCUT2D eigenvalue weighted by Crippen LogP contribution is 2.34. The number of nitrogens with one attached hydrogen (secondary N) is 1. The smallest absolute Gasteiger partial charge is 0.240 e. The molecule has 1 amide bonds. The second kappa shape index (κ2) is 7.42. The van der Waals surface area contributed by atoms with Crippen molar-refractivity contribution in [2.24, 2.45) is 0 Å². The minimum atomic E-state index is -0.0626. The van der Waals surface area contributed by atoms with Crippen molar-refractivity contribution in [2.75, 3.05) is 7.05 Å². The van der Waals surface area contributed by atoms with Gasteiger partial charge in [0.2, 0.25) is 5.91 Å². The van der Waals surface area contributed by atoms with Crippen LogP contribution in [0.5, 0.6) is 0 Å². The Labute approximate surface area is 153 Å². The van der Waals surface area contributed by atoms with Gasteiger partial charge in [0.15, 0.2) is 0 Å². The Balaban J connectivity index is 0.00000169. The first-order valence-electron chi connectivity index (χ1n) is 8.73. The third-order valence-corrected chi connectivity index (χ3v) is 6.68. The average Bonchev–Trinajstić information content (AvgIpc) is 2.99. The van der Waals surface area contributed by atoms with Crippen LogP contribution in [0, 0.1) is 0 Å². The fourth-order valence-corrected chi connectivity index (χ4v) is 5.26. The van der Waals surface area contributed by atoms with Crippen molar-refractivity contribution in [3.05, 3.63) is 34.7 Å². The maximum absolute atomic E-state index is 12.9. The van der Waals surface area contributed by atoms with Crippen LogP contribution >= 0.6 is 23.7 Å². The van der Waals surface area contributed by atoms with Crippen molar-refractivity contribution >= 4 is 39.7 Å². The number of halogens is 1. The predicted octanol–water partition coefficient (Wildman–Crippen LogP) is 4.13. The van der Waals surface area contributed by atoms with Gasteiger partial charge >= 0.3 is 0 Å². The van der Waals surface area contributed by atoms with Gasteiger partial charge in [-0.15, -0.1) is 23.7 Å². The zero-order valence-corrected chi connectivity index (χ0v) is 15.7. The number of hydrogen-bond acceptors (Lipinski definition) is 3. The lowest BCUT2D eigenvalue weighted by Crippen LogP contribution is -2.51. The molecule has 5 heteroatoms. The number of carbonyl (C=O) groups excluding carboxylic acids is 1. The van der Waals surface area contributed by atoms with Crippen LogP contribution in [0.1, 0.15) is 42.5 Å². The molecule has 0 saturated heterocycles. The molecule has 2 heterocycles. The van der Waals surface area contributed by atoms with Crippen molar-refractivity contribution in [3.8, 4) is 0 Å². The first-order chi connectivity index (χ1) is 11.2. The van der Waals surface area contributed by atoms with Crippen LogP contribution in [0.25, 0.3) is 10.1 Å². The van der Waals surface area contributed by atoms with E-state index in [1.165, 1.54) is 52.6 Å². The monoisotopic (exact) mass is 364 g/mol. The van der Waals surface area contributed by atoms with Gasteiger partial charge in [0.05, 0.1) is 6.04 Å². The quantitative estimate of drug-likeness (QED) is 0.869. The number of hydrogen-bond donors (Lipinski definition) is 1. The molecule has 0 bridgehead atoms. The Kier molecular flexibility index (Phi) is 5.48.